The third kappa shape index (κ3) is 2.85. The molecule has 29 heavy (non-hydrogen) atoms. The van der Waals surface area contributed by atoms with Crippen LogP contribution in [0.2, 0.25) is 0 Å². The van der Waals surface area contributed by atoms with Crippen LogP contribution in [0.5, 0.6) is 0 Å². The van der Waals surface area contributed by atoms with Gasteiger partial charge in [0.05, 0.1) is 6.33 Å². The fourth-order valence-corrected chi connectivity index (χ4v) is 5.12. The van der Waals surface area contributed by atoms with Crippen LogP contribution in [0.3, 0.4) is 0 Å². The monoisotopic (exact) mass is 414 g/mol. The Hall–Kier alpha value is -2.72. The molecule has 0 atom stereocenters. The predicted octanol–water partition coefficient (Wildman–Crippen LogP) is -0.236. The number of aromatic nitrogens is 4. The van der Waals surface area contributed by atoms with Crippen molar-refractivity contribution < 1.29 is 4.79 Å². The van der Waals surface area contributed by atoms with Crippen LogP contribution in [0.4, 0.5) is 0 Å². The van der Waals surface area contributed by atoms with Crippen LogP contribution in [0.1, 0.15) is 10.4 Å². The molecule has 0 radical (unpaired) electrons. The molecule has 10 heteroatoms. The number of rotatable bonds is 3. The number of carbonyl (C=O) groups is 1. The van der Waals surface area contributed by atoms with E-state index in [2.05, 4.69) is 21.3 Å². The minimum absolute atomic E-state index is 0.0373. The van der Waals surface area contributed by atoms with Crippen molar-refractivity contribution in [1.29, 1.82) is 0 Å². The van der Waals surface area contributed by atoms with Crippen molar-refractivity contribution in [3.8, 4) is 0 Å². The van der Waals surface area contributed by atoms with Gasteiger partial charge in [-0.1, -0.05) is 0 Å². The van der Waals surface area contributed by atoms with Gasteiger partial charge in [-0.05, 0) is 23.4 Å². The minimum atomic E-state index is -0.435. The summed E-state index contributed by atoms with van der Waals surface area (Å²) < 4.78 is 3.91. The molecular formula is C19H22N6O3S. The summed E-state index contributed by atoms with van der Waals surface area (Å²) in [5.41, 5.74) is 1.13. The third-order valence-corrected chi connectivity index (χ3v) is 7.11. The van der Waals surface area contributed by atoms with Gasteiger partial charge in [0.25, 0.3) is 5.56 Å². The summed E-state index contributed by atoms with van der Waals surface area (Å²) in [5.74, 6) is -0.0373. The maximum absolute atomic E-state index is 12.8. The molecule has 0 aliphatic carbocycles. The highest BCUT2D eigenvalue weighted by atomic mass is 32.1. The summed E-state index contributed by atoms with van der Waals surface area (Å²) in [5, 5.41) is 2.15. The molecule has 5 heterocycles. The summed E-state index contributed by atoms with van der Waals surface area (Å²) in [6.07, 6.45) is 2.55. The molecule has 3 aromatic heterocycles. The van der Waals surface area contributed by atoms with E-state index in [0.717, 1.165) is 24.1 Å². The smallest absolute Gasteiger partial charge is 0.332 e. The largest absolute Gasteiger partial charge is 0.338 e. The molecule has 5 rings (SSSR count). The number of carbonyl (C=O) groups excluding carboxylic acids is 1. The Morgan fingerprint density at radius 3 is 2.83 bits per heavy atom. The topological polar surface area (TPSA) is 85.4 Å². The van der Waals surface area contributed by atoms with E-state index in [1.165, 1.54) is 28.4 Å². The van der Waals surface area contributed by atoms with Crippen LogP contribution in [-0.2, 0) is 38.4 Å². The number of fused-ring (bicyclic) bond motifs is 2. The highest BCUT2D eigenvalue weighted by Crippen LogP contribution is 2.27. The highest BCUT2D eigenvalue weighted by molar-refractivity contribution is 7.10. The van der Waals surface area contributed by atoms with Crippen molar-refractivity contribution in [2.24, 2.45) is 14.1 Å². The average Bonchev–Trinajstić information content (AvgIpc) is 3.30. The Morgan fingerprint density at radius 1 is 1.24 bits per heavy atom. The van der Waals surface area contributed by atoms with Crippen LogP contribution in [0, 0.1) is 0 Å². The normalized spacial score (nSPS) is 17.5. The van der Waals surface area contributed by atoms with E-state index in [-0.39, 0.29) is 18.0 Å². The number of aryl methyl sites for hydroxylation is 1. The molecule has 0 bridgehead atoms. The van der Waals surface area contributed by atoms with Gasteiger partial charge in [-0.3, -0.25) is 23.6 Å². The van der Waals surface area contributed by atoms with Crippen molar-refractivity contribution in [3.63, 3.8) is 0 Å². The van der Waals surface area contributed by atoms with Crippen molar-refractivity contribution in [2.45, 2.75) is 25.6 Å². The zero-order valence-electron chi connectivity index (χ0n) is 16.4. The molecule has 2 aliphatic rings. The molecule has 9 nitrogen and oxygen atoms in total. The van der Waals surface area contributed by atoms with E-state index in [0.29, 0.717) is 24.8 Å². The summed E-state index contributed by atoms with van der Waals surface area (Å²) in [6, 6.07) is 2.59. The molecule has 152 valence electrons. The van der Waals surface area contributed by atoms with Crippen LogP contribution in [-0.4, -0.2) is 60.1 Å². The van der Waals surface area contributed by atoms with E-state index in [1.54, 1.807) is 11.6 Å². The SMILES string of the molecule is Cn1c(=O)c2c(ncn2CC(=O)N2CC(N3CCc4sccc4C3)C2)n(C)c1=O. The third-order valence-electron chi connectivity index (χ3n) is 6.09. The maximum Gasteiger partial charge on any atom is 0.332 e. The van der Waals surface area contributed by atoms with E-state index < -0.39 is 11.2 Å². The maximum atomic E-state index is 12.8. The summed E-state index contributed by atoms with van der Waals surface area (Å²) in [4.78, 5) is 47.2. The van der Waals surface area contributed by atoms with Crippen LogP contribution in [0.15, 0.2) is 27.4 Å². The van der Waals surface area contributed by atoms with Crippen LogP contribution in [0.25, 0.3) is 11.2 Å². The first kappa shape index (κ1) is 18.3. The minimum Gasteiger partial charge on any atom is -0.338 e. The van der Waals surface area contributed by atoms with Crippen molar-refractivity contribution in [1.82, 2.24) is 28.5 Å². The van der Waals surface area contributed by atoms with Gasteiger partial charge >= 0.3 is 5.69 Å². The quantitative estimate of drug-likeness (QED) is 0.591. The summed E-state index contributed by atoms with van der Waals surface area (Å²) >= 11 is 1.83. The fraction of sp³-hybridized carbons (Fsp3) is 0.474. The van der Waals surface area contributed by atoms with Crippen LogP contribution >= 0.6 is 11.3 Å². The summed E-state index contributed by atoms with van der Waals surface area (Å²) in [7, 11) is 3.00. The lowest BCUT2D eigenvalue weighted by molar-refractivity contribution is -0.139. The molecule has 1 amide bonds. The van der Waals surface area contributed by atoms with Crippen molar-refractivity contribution >= 4 is 28.4 Å². The molecule has 1 fully saturated rings. The van der Waals surface area contributed by atoms with Gasteiger partial charge in [0.15, 0.2) is 11.2 Å². The van der Waals surface area contributed by atoms with Crippen molar-refractivity contribution in [3.05, 3.63) is 49.1 Å². The Morgan fingerprint density at radius 2 is 2.03 bits per heavy atom. The lowest BCUT2D eigenvalue weighted by Crippen LogP contribution is -2.62. The molecule has 2 aliphatic heterocycles. The van der Waals surface area contributed by atoms with E-state index in [9.17, 15) is 14.4 Å². The van der Waals surface area contributed by atoms with Gasteiger partial charge in [0, 0.05) is 51.2 Å². The molecule has 1 saturated heterocycles. The Balaban J connectivity index is 1.28. The molecule has 0 unspecified atom stereocenters. The first-order valence-corrected chi connectivity index (χ1v) is 10.5. The van der Waals surface area contributed by atoms with Gasteiger partial charge in [-0.2, -0.15) is 0 Å². The Labute approximate surface area is 170 Å². The van der Waals surface area contributed by atoms with Gasteiger partial charge in [-0.25, -0.2) is 9.78 Å². The molecule has 0 N–H and O–H groups in total. The van der Waals surface area contributed by atoms with E-state index in [1.807, 2.05) is 16.2 Å². The second-order valence-corrected chi connectivity index (χ2v) is 8.79. The van der Waals surface area contributed by atoms with Gasteiger partial charge < -0.3 is 9.47 Å². The second-order valence-electron chi connectivity index (χ2n) is 7.79. The van der Waals surface area contributed by atoms with Gasteiger partial charge in [0.1, 0.15) is 6.54 Å². The fourth-order valence-electron chi connectivity index (χ4n) is 4.23. The van der Waals surface area contributed by atoms with E-state index in [4.69, 9.17) is 0 Å². The molecular weight excluding hydrogens is 392 g/mol. The molecule has 0 saturated carbocycles. The first-order chi connectivity index (χ1) is 13.9. The van der Waals surface area contributed by atoms with Gasteiger partial charge in [-0.15, -0.1) is 11.3 Å². The number of nitrogens with zero attached hydrogens (tertiary/aromatic N) is 6. The lowest BCUT2D eigenvalue weighted by Gasteiger charge is -2.46. The van der Waals surface area contributed by atoms with E-state index >= 15 is 0 Å². The zero-order chi connectivity index (χ0) is 20.3. The standard InChI is InChI=1S/C19H22N6O3S/c1-21-17-16(18(27)22(2)19(21)28)25(11-20-17)10-15(26)24-8-13(9-24)23-5-3-14-12(7-23)4-6-29-14/h4,6,11,13H,3,5,7-10H2,1-2H3. The molecule has 0 spiro atoms. The Kier molecular flexibility index (Phi) is 4.21. The summed E-state index contributed by atoms with van der Waals surface area (Å²) in [6.45, 7) is 3.46. The number of thiophene rings is 1. The number of hydrogen-bond acceptors (Lipinski definition) is 6. The predicted molar refractivity (Wildman–Crippen MR) is 109 cm³/mol. The first-order valence-electron chi connectivity index (χ1n) is 9.62. The highest BCUT2D eigenvalue weighted by Gasteiger charge is 2.36. The van der Waals surface area contributed by atoms with Crippen LogP contribution < -0.4 is 11.2 Å². The van der Waals surface area contributed by atoms with Crippen molar-refractivity contribution in [2.75, 3.05) is 19.6 Å². The second kappa shape index (κ2) is 6.67. The molecule has 0 aromatic carbocycles. The van der Waals surface area contributed by atoms with Gasteiger partial charge in [0.2, 0.25) is 5.91 Å². The Bertz CT molecular complexity index is 1230. The number of hydrogen-bond donors (Lipinski definition) is 0. The number of likely N-dealkylation sites (tertiary alicyclic amines) is 1. The number of imidazole rings is 1. The average molecular weight is 414 g/mol. The molecule has 3 aromatic rings. The lowest BCUT2D eigenvalue weighted by atomic mass is 10.0. The zero-order valence-corrected chi connectivity index (χ0v) is 17.2. The number of amides is 1.